The van der Waals surface area contributed by atoms with E-state index < -0.39 is 13.2 Å². The first-order valence-electron chi connectivity index (χ1n) is 4.61. The van der Waals surface area contributed by atoms with Crippen molar-refractivity contribution >= 4 is 13.2 Å². The Morgan fingerprint density at radius 1 is 1.44 bits per heavy atom. The summed E-state index contributed by atoms with van der Waals surface area (Å²) in [5.74, 6) is -0.0877. The molecule has 0 aliphatic carbocycles. The molecular weight excluding hydrogens is 209 g/mol. The molecule has 0 fully saturated rings. The quantitative estimate of drug-likeness (QED) is 0.435. The van der Waals surface area contributed by atoms with Crippen LogP contribution < -0.4 is 10.1 Å². The number of hydrogen-bond acceptors (Lipinski definition) is 4. The lowest BCUT2D eigenvalue weighted by Crippen LogP contribution is -2.36. The Morgan fingerprint density at radius 2 is 2.06 bits per heavy atom. The van der Waals surface area contributed by atoms with E-state index in [-0.39, 0.29) is 5.57 Å². The van der Waals surface area contributed by atoms with Crippen LogP contribution in [-0.4, -0.2) is 18.3 Å². The summed E-state index contributed by atoms with van der Waals surface area (Å²) in [7, 11) is -1.56. The Balaban J connectivity index is 2.34. The monoisotopic (exact) mass is 221 g/mol. The molecule has 16 heavy (non-hydrogen) atoms. The van der Waals surface area contributed by atoms with Crippen LogP contribution >= 0.6 is 0 Å². The molecule has 0 saturated carbocycles. The van der Waals surface area contributed by atoms with E-state index in [2.05, 4.69) is 11.3 Å². The molecule has 84 valence electrons. The highest BCUT2D eigenvalue weighted by Gasteiger charge is 2.20. The third-order valence-corrected chi connectivity index (χ3v) is 1.62. The van der Waals surface area contributed by atoms with Crippen molar-refractivity contribution in [1.82, 2.24) is 5.48 Å². The highest BCUT2D eigenvalue weighted by atomic mass is 16.8. The van der Waals surface area contributed by atoms with Gasteiger partial charge in [-0.3, -0.25) is 9.55 Å². The van der Waals surface area contributed by atoms with E-state index in [0.29, 0.717) is 5.75 Å². The van der Waals surface area contributed by atoms with Crippen molar-refractivity contribution < 1.29 is 19.2 Å². The second kappa shape index (κ2) is 5.94. The van der Waals surface area contributed by atoms with E-state index in [9.17, 15) is 9.82 Å². The van der Waals surface area contributed by atoms with Crippen LogP contribution in [0.1, 0.15) is 6.92 Å². The Labute approximate surface area is 93.8 Å². The van der Waals surface area contributed by atoms with Crippen molar-refractivity contribution in [1.29, 1.82) is 0 Å². The summed E-state index contributed by atoms with van der Waals surface area (Å²) in [5, 5.41) is 9.24. The van der Waals surface area contributed by atoms with Gasteiger partial charge in [-0.15, -0.1) is 0 Å². The summed E-state index contributed by atoms with van der Waals surface area (Å²) < 4.78 is 9.48. The van der Waals surface area contributed by atoms with Crippen molar-refractivity contribution in [2.45, 2.75) is 6.92 Å². The zero-order valence-corrected chi connectivity index (χ0v) is 8.84. The predicted molar refractivity (Wildman–Crippen MR) is 59.1 cm³/mol. The van der Waals surface area contributed by atoms with Crippen LogP contribution in [0.15, 0.2) is 42.5 Å². The molecular formula is C10H12BNO4. The van der Waals surface area contributed by atoms with E-state index in [0.717, 1.165) is 0 Å². The molecule has 0 atom stereocenters. The highest BCUT2D eigenvalue weighted by molar-refractivity contribution is 6.35. The van der Waals surface area contributed by atoms with Gasteiger partial charge in [-0.05, 0) is 19.1 Å². The molecule has 0 unspecified atom stereocenters. The molecule has 0 spiro atoms. The van der Waals surface area contributed by atoms with E-state index in [1.165, 1.54) is 6.92 Å². The van der Waals surface area contributed by atoms with Crippen molar-refractivity contribution in [3.63, 3.8) is 0 Å². The summed E-state index contributed by atoms with van der Waals surface area (Å²) in [6.07, 6.45) is 0. The van der Waals surface area contributed by atoms with E-state index in [1.807, 2.05) is 11.5 Å². The molecule has 0 aromatic heterocycles. The van der Waals surface area contributed by atoms with Gasteiger partial charge in [-0.1, -0.05) is 24.8 Å². The number of benzene rings is 1. The van der Waals surface area contributed by atoms with Crippen LogP contribution in [-0.2, 0) is 9.55 Å². The van der Waals surface area contributed by atoms with Crippen LogP contribution in [0.5, 0.6) is 5.75 Å². The van der Waals surface area contributed by atoms with Gasteiger partial charge in [0.1, 0.15) is 5.75 Å². The molecule has 0 heterocycles. The minimum Gasteiger partial charge on any atom is -0.511 e. The van der Waals surface area contributed by atoms with Crippen LogP contribution in [0.3, 0.4) is 0 Å². The maximum absolute atomic E-state index is 11.0. The third kappa shape index (κ3) is 4.16. The van der Waals surface area contributed by atoms with Gasteiger partial charge in [0, 0.05) is 5.57 Å². The fourth-order valence-corrected chi connectivity index (χ4v) is 0.831. The van der Waals surface area contributed by atoms with Crippen molar-refractivity contribution in [3.05, 3.63) is 42.5 Å². The van der Waals surface area contributed by atoms with Crippen molar-refractivity contribution in [2.24, 2.45) is 0 Å². The second-order valence-corrected chi connectivity index (χ2v) is 3.07. The van der Waals surface area contributed by atoms with Gasteiger partial charge >= 0.3 is 7.32 Å². The van der Waals surface area contributed by atoms with Crippen LogP contribution in [0.25, 0.3) is 0 Å². The number of rotatable bonds is 5. The lowest BCUT2D eigenvalue weighted by molar-refractivity contribution is -0.125. The summed E-state index contributed by atoms with van der Waals surface area (Å²) in [6.45, 7) is 4.92. The minimum atomic E-state index is -1.56. The number of carbonyl (C=O) groups is 1. The number of amides is 1. The zero-order valence-electron chi connectivity index (χ0n) is 8.84. The summed E-state index contributed by atoms with van der Waals surface area (Å²) in [4.78, 5) is 11.0. The molecule has 0 bridgehead atoms. The molecule has 0 saturated heterocycles. The van der Waals surface area contributed by atoms with Crippen molar-refractivity contribution in [3.8, 4) is 5.75 Å². The highest BCUT2D eigenvalue weighted by Crippen LogP contribution is 2.08. The van der Waals surface area contributed by atoms with Gasteiger partial charge < -0.3 is 9.68 Å². The number of carbonyl (C=O) groups excluding carboxylic acids is 1. The predicted octanol–water partition coefficient (Wildman–Crippen LogP) is 0.666. The Bertz CT molecular complexity index is 368. The Morgan fingerprint density at radius 3 is 2.62 bits per heavy atom. The van der Waals surface area contributed by atoms with Gasteiger partial charge in [0.05, 0.1) is 0 Å². The largest absolute Gasteiger partial charge is 0.733 e. The van der Waals surface area contributed by atoms with Gasteiger partial charge in [0.15, 0.2) is 0 Å². The Kier molecular flexibility index (Phi) is 4.56. The number of para-hydroxylation sites is 1. The van der Waals surface area contributed by atoms with Crippen LogP contribution in [0.2, 0.25) is 0 Å². The standard InChI is InChI=1S/C10H12BNO4/c1-8(2)10(13)12-16-11(14)15-9-6-4-3-5-7-9/h3-7,14H,1H2,2H3,(H,12,13). The van der Waals surface area contributed by atoms with Crippen molar-refractivity contribution in [2.75, 3.05) is 0 Å². The molecule has 1 aromatic carbocycles. The van der Waals surface area contributed by atoms with Gasteiger partial charge in [0.25, 0.3) is 5.91 Å². The first-order valence-corrected chi connectivity index (χ1v) is 4.61. The maximum atomic E-state index is 11.0. The fourth-order valence-electron chi connectivity index (χ4n) is 0.831. The number of hydroxylamine groups is 1. The molecule has 0 aliphatic rings. The minimum absolute atomic E-state index is 0.270. The molecule has 1 amide bonds. The molecule has 2 N–H and O–H groups in total. The maximum Gasteiger partial charge on any atom is 0.733 e. The summed E-state index contributed by atoms with van der Waals surface area (Å²) in [6, 6.07) is 8.59. The number of nitrogens with one attached hydrogen (secondary N) is 1. The molecule has 6 heteroatoms. The normalized spacial score (nSPS) is 9.38. The first-order chi connectivity index (χ1) is 7.59. The fraction of sp³-hybridized carbons (Fsp3) is 0.100. The smallest absolute Gasteiger partial charge is 0.511 e. The van der Waals surface area contributed by atoms with E-state index >= 15 is 0 Å². The zero-order chi connectivity index (χ0) is 12.0. The average Bonchev–Trinajstić information content (AvgIpc) is 2.27. The van der Waals surface area contributed by atoms with Gasteiger partial charge in [-0.25, -0.2) is 5.48 Å². The third-order valence-electron chi connectivity index (χ3n) is 1.62. The molecule has 0 aliphatic heterocycles. The van der Waals surface area contributed by atoms with Crippen LogP contribution in [0, 0.1) is 0 Å². The molecule has 0 radical (unpaired) electrons. The number of hydrogen-bond donors (Lipinski definition) is 2. The molecule has 1 aromatic rings. The molecule has 1 rings (SSSR count). The SMILES string of the molecule is C=C(C)C(=O)NOB(O)Oc1ccccc1. The second-order valence-electron chi connectivity index (χ2n) is 3.07. The average molecular weight is 221 g/mol. The topological polar surface area (TPSA) is 67.8 Å². The van der Waals surface area contributed by atoms with E-state index in [1.54, 1.807) is 24.3 Å². The van der Waals surface area contributed by atoms with Gasteiger partial charge in [-0.2, -0.15) is 0 Å². The lowest BCUT2D eigenvalue weighted by atomic mass is 10.2. The molecule has 5 nitrogen and oxygen atoms in total. The first kappa shape index (κ1) is 12.3. The van der Waals surface area contributed by atoms with Crippen LogP contribution in [0.4, 0.5) is 0 Å². The van der Waals surface area contributed by atoms with Gasteiger partial charge in [0.2, 0.25) is 0 Å². The lowest BCUT2D eigenvalue weighted by Gasteiger charge is -2.09. The summed E-state index contributed by atoms with van der Waals surface area (Å²) >= 11 is 0. The Hall–Kier alpha value is -1.79. The van der Waals surface area contributed by atoms with E-state index in [4.69, 9.17) is 4.65 Å². The summed E-state index contributed by atoms with van der Waals surface area (Å²) in [5.41, 5.74) is 2.26.